The van der Waals surface area contributed by atoms with Gasteiger partial charge in [-0.3, -0.25) is 0 Å². The summed E-state index contributed by atoms with van der Waals surface area (Å²) in [6.45, 7) is 4.08. The first-order valence-corrected chi connectivity index (χ1v) is 5.70. The van der Waals surface area contributed by atoms with Crippen LogP contribution in [-0.4, -0.2) is 5.11 Å². The molecule has 1 nitrogen and oxygen atoms in total. The van der Waals surface area contributed by atoms with E-state index in [1.54, 1.807) is 6.07 Å². The zero-order valence-corrected chi connectivity index (χ0v) is 10.1. The van der Waals surface area contributed by atoms with Crippen molar-refractivity contribution in [2.45, 2.75) is 13.8 Å². The summed E-state index contributed by atoms with van der Waals surface area (Å²) in [5.41, 5.74) is 4.33. The highest BCUT2D eigenvalue weighted by atomic mass is 16.3. The molecule has 0 spiro atoms. The van der Waals surface area contributed by atoms with E-state index < -0.39 is 0 Å². The van der Waals surface area contributed by atoms with Crippen LogP contribution in [0.15, 0.2) is 48.5 Å². The Labute approximate surface area is 102 Å². The van der Waals surface area contributed by atoms with Crippen LogP contribution < -0.4 is 0 Å². The lowest BCUT2D eigenvalue weighted by Gasteiger charge is -2.04. The molecule has 0 saturated heterocycles. The lowest BCUT2D eigenvalue weighted by atomic mass is 10.0. The van der Waals surface area contributed by atoms with E-state index in [-0.39, 0.29) is 0 Å². The maximum atomic E-state index is 9.79. The molecule has 2 aromatic rings. The molecule has 0 atom stereocenters. The van der Waals surface area contributed by atoms with Crippen molar-refractivity contribution in [2.24, 2.45) is 0 Å². The summed E-state index contributed by atoms with van der Waals surface area (Å²) in [7, 11) is 0. The number of hydrogen-bond donors (Lipinski definition) is 1. The average molecular weight is 224 g/mol. The first-order valence-electron chi connectivity index (χ1n) is 5.70. The second-order valence-corrected chi connectivity index (χ2v) is 4.26. The fourth-order valence-corrected chi connectivity index (χ4v) is 1.81. The van der Waals surface area contributed by atoms with Crippen LogP contribution in [0.25, 0.3) is 11.6 Å². The number of hydrogen-bond acceptors (Lipinski definition) is 1. The van der Waals surface area contributed by atoms with Crippen LogP contribution in [0.2, 0.25) is 0 Å². The third-order valence-corrected chi connectivity index (χ3v) is 2.78. The highest BCUT2D eigenvalue weighted by Gasteiger charge is 2.00. The van der Waals surface area contributed by atoms with Crippen molar-refractivity contribution in [3.63, 3.8) is 0 Å². The molecule has 0 heterocycles. The van der Waals surface area contributed by atoms with Gasteiger partial charge in [0.05, 0.1) is 0 Å². The lowest BCUT2D eigenvalue weighted by Crippen LogP contribution is -1.81. The number of aryl methyl sites for hydroxylation is 1. The summed E-state index contributed by atoms with van der Waals surface area (Å²) < 4.78 is 0. The van der Waals surface area contributed by atoms with Crippen LogP contribution in [0.5, 0.6) is 5.75 Å². The summed E-state index contributed by atoms with van der Waals surface area (Å²) in [5.74, 6) is 0.325. The van der Waals surface area contributed by atoms with Crippen LogP contribution in [0.3, 0.4) is 0 Å². The standard InChI is InChI=1S/C16H16O/c1-12-8-9-16(17)15(10-12)11-13(2)14-6-4-3-5-7-14/h3-11,17H,1-2H3. The topological polar surface area (TPSA) is 20.2 Å². The Morgan fingerprint density at radius 2 is 1.76 bits per heavy atom. The van der Waals surface area contributed by atoms with E-state index >= 15 is 0 Å². The SMILES string of the molecule is CC(=Cc1cc(C)ccc1O)c1ccccc1. The Morgan fingerprint density at radius 1 is 1.06 bits per heavy atom. The molecule has 0 amide bonds. The van der Waals surface area contributed by atoms with Gasteiger partial charge >= 0.3 is 0 Å². The van der Waals surface area contributed by atoms with Crippen LogP contribution in [0.4, 0.5) is 0 Å². The van der Waals surface area contributed by atoms with Gasteiger partial charge in [0.25, 0.3) is 0 Å². The minimum atomic E-state index is 0.325. The fourth-order valence-electron chi connectivity index (χ4n) is 1.81. The molecule has 1 N–H and O–H groups in total. The number of rotatable bonds is 2. The Bertz CT molecular complexity index is 539. The van der Waals surface area contributed by atoms with E-state index in [9.17, 15) is 5.11 Å². The number of allylic oxidation sites excluding steroid dienone is 1. The zero-order chi connectivity index (χ0) is 12.3. The average Bonchev–Trinajstić information content (AvgIpc) is 2.35. The second-order valence-electron chi connectivity index (χ2n) is 4.26. The first-order chi connectivity index (χ1) is 8.16. The number of aromatic hydroxyl groups is 1. The molecule has 0 radical (unpaired) electrons. The van der Waals surface area contributed by atoms with Gasteiger partial charge in [0.2, 0.25) is 0 Å². The lowest BCUT2D eigenvalue weighted by molar-refractivity contribution is 0.474. The van der Waals surface area contributed by atoms with Crippen molar-refractivity contribution in [1.29, 1.82) is 0 Å². The summed E-state index contributed by atoms with van der Waals surface area (Å²) >= 11 is 0. The predicted octanol–water partition coefficient (Wildman–Crippen LogP) is 4.26. The van der Waals surface area contributed by atoms with Gasteiger partial charge in [0, 0.05) is 5.56 Å². The van der Waals surface area contributed by atoms with Crippen LogP contribution in [0.1, 0.15) is 23.6 Å². The molecule has 17 heavy (non-hydrogen) atoms. The Balaban J connectivity index is 2.39. The van der Waals surface area contributed by atoms with Gasteiger partial charge in [-0.05, 0) is 43.2 Å². The molecule has 0 aliphatic heterocycles. The van der Waals surface area contributed by atoms with E-state index in [1.165, 1.54) is 5.56 Å². The number of benzene rings is 2. The van der Waals surface area contributed by atoms with Crippen molar-refractivity contribution in [2.75, 3.05) is 0 Å². The molecule has 2 rings (SSSR count). The molecule has 0 unspecified atom stereocenters. The molecule has 0 aliphatic carbocycles. The molecule has 86 valence electrons. The predicted molar refractivity (Wildman–Crippen MR) is 72.8 cm³/mol. The van der Waals surface area contributed by atoms with E-state index in [2.05, 4.69) is 19.1 Å². The maximum absolute atomic E-state index is 9.79. The van der Waals surface area contributed by atoms with Gasteiger partial charge in [-0.25, -0.2) is 0 Å². The molecule has 2 aromatic carbocycles. The molecular weight excluding hydrogens is 208 g/mol. The first kappa shape index (κ1) is 11.5. The van der Waals surface area contributed by atoms with Crippen molar-refractivity contribution in [3.8, 4) is 5.75 Å². The number of phenolic OH excluding ortho intramolecular Hbond substituents is 1. The van der Waals surface area contributed by atoms with Crippen LogP contribution in [-0.2, 0) is 0 Å². The molecule has 0 fully saturated rings. The van der Waals surface area contributed by atoms with Gasteiger partial charge in [0.1, 0.15) is 5.75 Å². The minimum absolute atomic E-state index is 0.325. The quantitative estimate of drug-likeness (QED) is 0.756. The Kier molecular flexibility index (Phi) is 3.29. The highest BCUT2D eigenvalue weighted by Crippen LogP contribution is 2.24. The summed E-state index contributed by atoms with van der Waals surface area (Å²) in [5, 5.41) is 9.79. The van der Waals surface area contributed by atoms with E-state index in [0.717, 1.165) is 16.7 Å². The number of phenols is 1. The van der Waals surface area contributed by atoms with Gasteiger partial charge in [-0.15, -0.1) is 0 Å². The minimum Gasteiger partial charge on any atom is -0.507 e. The van der Waals surface area contributed by atoms with E-state index in [1.807, 2.05) is 43.3 Å². The normalized spacial score (nSPS) is 11.5. The molecular formula is C16H16O. The summed E-state index contributed by atoms with van der Waals surface area (Å²) in [6, 6.07) is 15.8. The Morgan fingerprint density at radius 3 is 2.47 bits per heavy atom. The molecule has 0 aromatic heterocycles. The monoisotopic (exact) mass is 224 g/mol. The maximum Gasteiger partial charge on any atom is 0.122 e. The van der Waals surface area contributed by atoms with Gasteiger partial charge in [0.15, 0.2) is 0 Å². The Hall–Kier alpha value is -2.02. The molecule has 0 saturated carbocycles. The van der Waals surface area contributed by atoms with Crippen molar-refractivity contribution >= 4 is 11.6 Å². The van der Waals surface area contributed by atoms with Crippen molar-refractivity contribution < 1.29 is 5.11 Å². The van der Waals surface area contributed by atoms with Gasteiger partial charge in [-0.2, -0.15) is 0 Å². The molecule has 1 heteroatoms. The largest absolute Gasteiger partial charge is 0.507 e. The summed E-state index contributed by atoms with van der Waals surface area (Å²) in [4.78, 5) is 0. The third kappa shape index (κ3) is 2.76. The third-order valence-electron chi connectivity index (χ3n) is 2.78. The second kappa shape index (κ2) is 4.88. The van der Waals surface area contributed by atoms with Crippen molar-refractivity contribution in [1.82, 2.24) is 0 Å². The smallest absolute Gasteiger partial charge is 0.122 e. The van der Waals surface area contributed by atoms with Crippen molar-refractivity contribution in [3.05, 3.63) is 65.2 Å². The van der Waals surface area contributed by atoms with E-state index in [4.69, 9.17) is 0 Å². The summed E-state index contributed by atoms with van der Waals surface area (Å²) in [6.07, 6.45) is 2.01. The zero-order valence-electron chi connectivity index (χ0n) is 10.1. The van der Waals surface area contributed by atoms with Crippen LogP contribution >= 0.6 is 0 Å². The van der Waals surface area contributed by atoms with Gasteiger partial charge < -0.3 is 5.11 Å². The van der Waals surface area contributed by atoms with Crippen LogP contribution in [0, 0.1) is 6.92 Å². The van der Waals surface area contributed by atoms with Gasteiger partial charge in [-0.1, -0.05) is 42.0 Å². The molecule has 0 aliphatic rings. The fraction of sp³-hybridized carbons (Fsp3) is 0.125. The molecule has 0 bridgehead atoms. The van der Waals surface area contributed by atoms with E-state index in [0.29, 0.717) is 5.75 Å². The highest BCUT2D eigenvalue weighted by molar-refractivity contribution is 5.81.